The molecule has 0 aliphatic carbocycles. The van der Waals surface area contributed by atoms with Crippen molar-refractivity contribution in [3.8, 4) is 0 Å². The summed E-state index contributed by atoms with van der Waals surface area (Å²) in [6.07, 6.45) is -0.899. The Labute approximate surface area is 69.7 Å². The molecule has 0 aliphatic rings. The summed E-state index contributed by atoms with van der Waals surface area (Å²) in [5, 5.41) is 9.06. The van der Waals surface area contributed by atoms with Crippen molar-refractivity contribution in [2.45, 2.75) is 20.0 Å². The highest BCUT2D eigenvalue weighted by Gasteiger charge is 2.12. The van der Waals surface area contributed by atoms with Crippen LogP contribution in [-0.4, -0.2) is 5.11 Å². The summed E-state index contributed by atoms with van der Waals surface area (Å²) < 4.78 is 25.8. The Kier molecular flexibility index (Phi) is 2.43. The van der Waals surface area contributed by atoms with E-state index in [1.807, 2.05) is 0 Å². The molecule has 1 aromatic rings. The Morgan fingerprint density at radius 2 is 1.92 bits per heavy atom. The molecule has 0 saturated carbocycles. The van der Waals surface area contributed by atoms with Gasteiger partial charge in [0.25, 0.3) is 0 Å². The van der Waals surface area contributed by atoms with E-state index in [4.69, 9.17) is 5.11 Å². The third-order valence-electron chi connectivity index (χ3n) is 1.80. The van der Waals surface area contributed by atoms with Crippen molar-refractivity contribution in [2.24, 2.45) is 0 Å². The Balaban J connectivity index is 3.27. The molecule has 1 rings (SSSR count). The maximum absolute atomic E-state index is 13.1. The zero-order valence-corrected chi connectivity index (χ0v) is 6.94. The normalized spacial score (nSPS) is 13.1. The predicted molar refractivity (Wildman–Crippen MR) is 41.7 cm³/mol. The van der Waals surface area contributed by atoms with Crippen molar-refractivity contribution in [3.63, 3.8) is 0 Å². The van der Waals surface area contributed by atoms with E-state index >= 15 is 0 Å². The average molecular weight is 172 g/mol. The van der Waals surface area contributed by atoms with Crippen molar-refractivity contribution in [3.05, 3.63) is 34.9 Å². The average Bonchev–Trinajstić information content (AvgIpc) is 2.00. The molecule has 1 N–H and O–H groups in total. The van der Waals surface area contributed by atoms with Crippen LogP contribution in [0.15, 0.2) is 12.1 Å². The molecule has 1 atom stereocenters. The van der Waals surface area contributed by atoms with Gasteiger partial charge in [0.15, 0.2) is 0 Å². The van der Waals surface area contributed by atoms with E-state index in [1.54, 1.807) is 0 Å². The molecule has 0 aromatic heterocycles. The molecule has 0 spiro atoms. The molecule has 0 saturated heterocycles. The molecule has 0 radical (unpaired) electrons. The van der Waals surface area contributed by atoms with Gasteiger partial charge in [0.1, 0.15) is 11.6 Å². The minimum Gasteiger partial charge on any atom is -0.389 e. The maximum Gasteiger partial charge on any atom is 0.134 e. The Hall–Kier alpha value is -0.960. The first-order valence-electron chi connectivity index (χ1n) is 3.66. The Morgan fingerprint density at radius 3 is 2.42 bits per heavy atom. The van der Waals surface area contributed by atoms with E-state index in [0.717, 1.165) is 6.07 Å². The molecule has 1 aromatic carbocycles. The predicted octanol–water partition coefficient (Wildman–Crippen LogP) is 2.33. The van der Waals surface area contributed by atoms with Gasteiger partial charge < -0.3 is 5.11 Å². The van der Waals surface area contributed by atoms with Crippen LogP contribution in [0, 0.1) is 18.6 Å². The van der Waals surface area contributed by atoms with E-state index in [0.29, 0.717) is 0 Å². The van der Waals surface area contributed by atoms with E-state index in [9.17, 15) is 8.78 Å². The van der Waals surface area contributed by atoms with Crippen LogP contribution in [0.4, 0.5) is 8.78 Å². The number of halogens is 2. The van der Waals surface area contributed by atoms with Crippen molar-refractivity contribution >= 4 is 0 Å². The van der Waals surface area contributed by atoms with E-state index in [1.165, 1.54) is 19.9 Å². The van der Waals surface area contributed by atoms with Gasteiger partial charge in [-0.2, -0.15) is 0 Å². The lowest BCUT2D eigenvalue weighted by Crippen LogP contribution is -1.99. The highest BCUT2D eigenvalue weighted by molar-refractivity contribution is 5.27. The zero-order chi connectivity index (χ0) is 9.30. The highest BCUT2D eigenvalue weighted by Crippen LogP contribution is 2.20. The van der Waals surface area contributed by atoms with E-state index in [-0.39, 0.29) is 11.1 Å². The van der Waals surface area contributed by atoms with E-state index < -0.39 is 17.7 Å². The fourth-order valence-corrected chi connectivity index (χ4v) is 1.01. The highest BCUT2D eigenvalue weighted by atomic mass is 19.1. The summed E-state index contributed by atoms with van der Waals surface area (Å²) in [6, 6.07) is 2.41. The standard InChI is InChI=1S/C9H10F2O/c1-5-8(10)4-3-7(6(2)12)9(5)11/h3-4,6,12H,1-2H3. The molecule has 0 fully saturated rings. The van der Waals surface area contributed by atoms with Crippen molar-refractivity contribution in [2.75, 3.05) is 0 Å². The second-order valence-corrected chi connectivity index (χ2v) is 2.75. The van der Waals surface area contributed by atoms with Gasteiger partial charge in [0.05, 0.1) is 6.10 Å². The van der Waals surface area contributed by atoms with Gasteiger partial charge in [-0.25, -0.2) is 8.78 Å². The van der Waals surface area contributed by atoms with E-state index in [2.05, 4.69) is 0 Å². The second kappa shape index (κ2) is 3.19. The molecule has 0 heterocycles. The van der Waals surface area contributed by atoms with Gasteiger partial charge in [0.2, 0.25) is 0 Å². The summed E-state index contributed by atoms with van der Waals surface area (Å²) >= 11 is 0. The summed E-state index contributed by atoms with van der Waals surface area (Å²) in [5.41, 5.74) is 0.0855. The second-order valence-electron chi connectivity index (χ2n) is 2.75. The van der Waals surface area contributed by atoms with Crippen LogP contribution in [0.25, 0.3) is 0 Å². The summed E-state index contributed by atoms with van der Waals surface area (Å²) in [7, 11) is 0. The number of aliphatic hydroxyl groups is 1. The van der Waals surface area contributed by atoms with Crippen LogP contribution < -0.4 is 0 Å². The molecular formula is C9H10F2O. The number of aliphatic hydroxyl groups excluding tert-OH is 1. The van der Waals surface area contributed by atoms with Gasteiger partial charge in [-0.05, 0) is 19.9 Å². The monoisotopic (exact) mass is 172 g/mol. The topological polar surface area (TPSA) is 20.2 Å². The van der Waals surface area contributed by atoms with Crippen LogP contribution in [0.5, 0.6) is 0 Å². The third-order valence-corrected chi connectivity index (χ3v) is 1.80. The lowest BCUT2D eigenvalue weighted by Gasteiger charge is -2.08. The smallest absolute Gasteiger partial charge is 0.134 e. The molecule has 0 aliphatic heterocycles. The SMILES string of the molecule is Cc1c(F)ccc(C(C)O)c1F. The van der Waals surface area contributed by atoms with Crippen molar-refractivity contribution in [1.29, 1.82) is 0 Å². The molecule has 12 heavy (non-hydrogen) atoms. The first-order chi connectivity index (χ1) is 5.54. The minimum absolute atomic E-state index is 0.0478. The van der Waals surface area contributed by atoms with Crippen LogP contribution in [-0.2, 0) is 0 Å². The van der Waals surface area contributed by atoms with Gasteiger partial charge in [-0.3, -0.25) is 0 Å². The number of benzene rings is 1. The molecule has 3 heteroatoms. The van der Waals surface area contributed by atoms with Crippen LogP contribution in [0.2, 0.25) is 0 Å². The van der Waals surface area contributed by atoms with Gasteiger partial charge in [0, 0.05) is 11.1 Å². The number of rotatable bonds is 1. The first-order valence-corrected chi connectivity index (χ1v) is 3.66. The Morgan fingerprint density at radius 1 is 1.33 bits per heavy atom. The maximum atomic E-state index is 13.1. The molecular weight excluding hydrogens is 162 g/mol. The Bertz CT molecular complexity index is 295. The molecule has 0 bridgehead atoms. The van der Waals surface area contributed by atoms with Crippen LogP contribution in [0.3, 0.4) is 0 Å². The lowest BCUT2D eigenvalue weighted by atomic mass is 10.1. The minimum atomic E-state index is -0.899. The molecule has 1 unspecified atom stereocenters. The summed E-state index contributed by atoms with van der Waals surface area (Å²) in [5.74, 6) is -1.25. The lowest BCUT2D eigenvalue weighted by molar-refractivity contribution is 0.193. The fraction of sp³-hybridized carbons (Fsp3) is 0.333. The van der Waals surface area contributed by atoms with Gasteiger partial charge in [-0.15, -0.1) is 0 Å². The zero-order valence-electron chi connectivity index (χ0n) is 6.94. The van der Waals surface area contributed by atoms with Crippen LogP contribution >= 0.6 is 0 Å². The third kappa shape index (κ3) is 1.46. The van der Waals surface area contributed by atoms with Gasteiger partial charge >= 0.3 is 0 Å². The fourth-order valence-electron chi connectivity index (χ4n) is 1.01. The quantitative estimate of drug-likeness (QED) is 0.689. The molecule has 66 valence electrons. The number of hydrogen-bond donors (Lipinski definition) is 1. The molecule has 0 amide bonds. The van der Waals surface area contributed by atoms with Gasteiger partial charge in [-0.1, -0.05) is 6.07 Å². The van der Waals surface area contributed by atoms with Crippen LogP contribution in [0.1, 0.15) is 24.2 Å². The summed E-state index contributed by atoms with van der Waals surface area (Å²) in [4.78, 5) is 0. The number of hydrogen-bond acceptors (Lipinski definition) is 1. The first kappa shape index (κ1) is 9.13. The van der Waals surface area contributed by atoms with Crippen molar-refractivity contribution in [1.82, 2.24) is 0 Å². The largest absolute Gasteiger partial charge is 0.389 e. The summed E-state index contributed by atoms with van der Waals surface area (Å²) in [6.45, 7) is 2.78. The molecule has 1 nitrogen and oxygen atoms in total. The van der Waals surface area contributed by atoms with Crippen molar-refractivity contribution < 1.29 is 13.9 Å².